The first-order valence-corrected chi connectivity index (χ1v) is 13.2. The van der Waals surface area contributed by atoms with Gasteiger partial charge in [-0.3, -0.25) is 19.2 Å². The van der Waals surface area contributed by atoms with Gasteiger partial charge in [0.1, 0.15) is 17.8 Å². The average molecular weight is 518 g/mol. The van der Waals surface area contributed by atoms with Crippen molar-refractivity contribution in [1.29, 1.82) is 0 Å². The second kappa shape index (κ2) is 15.9. The Hall–Kier alpha value is -3.14. The lowest BCUT2D eigenvalue weighted by atomic mass is 10.0. The Morgan fingerprint density at radius 2 is 1.89 bits per heavy atom. The summed E-state index contributed by atoms with van der Waals surface area (Å²) >= 11 is 0. The fourth-order valence-electron chi connectivity index (χ4n) is 4.01. The van der Waals surface area contributed by atoms with E-state index in [4.69, 9.17) is 4.74 Å². The zero-order chi connectivity index (χ0) is 27.2. The smallest absolute Gasteiger partial charge is 0.255 e. The summed E-state index contributed by atoms with van der Waals surface area (Å²) in [5.74, 6) is -0.767. The Morgan fingerprint density at radius 1 is 1.14 bits per heavy atom. The highest BCUT2D eigenvalue weighted by atomic mass is 16.5. The molecule has 10 heteroatoms. The molecule has 0 bridgehead atoms. The summed E-state index contributed by atoms with van der Waals surface area (Å²) in [6.07, 6.45) is 2.83. The molecular weight excluding hydrogens is 474 g/mol. The molecular formula is C27H43N5O5. The lowest BCUT2D eigenvalue weighted by Crippen LogP contribution is -2.49. The largest absolute Gasteiger partial charge is 0.493 e. The molecule has 1 aliphatic rings. The van der Waals surface area contributed by atoms with Crippen molar-refractivity contribution in [3.8, 4) is 5.75 Å². The molecule has 10 nitrogen and oxygen atoms in total. The predicted octanol–water partition coefficient (Wildman–Crippen LogP) is 1.45. The molecule has 0 unspecified atom stereocenters. The van der Waals surface area contributed by atoms with Crippen molar-refractivity contribution in [2.75, 3.05) is 40.3 Å². The van der Waals surface area contributed by atoms with E-state index in [-0.39, 0.29) is 36.5 Å². The minimum Gasteiger partial charge on any atom is -0.493 e. The third kappa shape index (κ3) is 11.2. The molecule has 0 aromatic heterocycles. The molecule has 206 valence electrons. The number of carbonyl (C=O) groups excluding carboxylic acids is 4. The first-order chi connectivity index (χ1) is 17.7. The van der Waals surface area contributed by atoms with Crippen LogP contribution in [-0.2, 0) is 14.4 Å². The highest BCUT2D eigenvalue weighted by molar-refractivity contribution is 5.99. The maximum Gasteiger partial charge on any atom is 0.255 e. The van der Waals surface area contributed by atoms with Crippen molar-refractivity contribution in [2.45, 2.75) is 64.5 Å². The molecule has 1 aromatic rings. The number of benzene rings is 1. The molecule has 0 aliphatic carbocycles. The molecule has 37 heavy (non-hydrogen) atoms. The Balaban J connectivity index is 2.18. The van der Waals surface area contributed by atoms with E-state index in [0.29, 0.717) is 43.9 Å². The summed E-state index contributed by atoms with van der Waals surface area (Å²) in [7, 11) is 3.99. The van der Waals surface area contributed by atoms with Crippen molar-refractivity contribution in [2.24, 2.45) is 5.92 Å². The normalized spacial score (nSPS) is 19.9. The molecule has 2 rings (SSSR count). The highest BCUT2D eigenvalue weighted by Gasteiger charge is 2.26. The Morgan fingerprint density at radius 3 is 2.62 bits per heavy atom. The maximum atomic E-state index is 13.1. The van der Waals surface area contributed by atoms with Gasteiger partial charge in [-0.25, -0.2) is 0 Å². The average Bonchev–Trinajstić information content (AvgIpc) is 2.84. The first-order valence-electron chi connectivity index (χ1n) is 13.2. The molecule has 1 aromatic carbocycles. The van der Waals surface area contributed by atoms with Crippen LogP contribution in [0, 0.1) is 5.92 Å². The number of rotatable bonds is 8. The van der Waals surface area contributed by atoms with E-state index in [1.54, 1.807) is 24.3 Å². The van der Waals surface area contributed by atoms with E-state index >= 15 is 0 Å². The van der Waals surface area contributed by atoms with Crippen LogP contribution < -0.4 is 26.0 Å². The van der Waals surface area contributed by atoms with Gasteiger partial charge in [-0.2, -0.15) is 0 Å². The molecule has 0 fully saturated rings. The minimum absolute atomic E-state index is 0.0149. The van der Waals surface area contributed by atoms with Crippen LogP contribution >= 0.6 is 0 Å². The Labute approximate surface area is 220 Å². The molecule has 4 N–H and O–H groups in total. The molecule has 1 aliphatic heterocycles. The predicted molar refractivity (Wildman–Crippen MR) is 142 cm³/mol. The van der Waals surface area contributed by atoms with Crippen molar-refractivity contribution in [3.05, 3.63) is 29.8 Å². The van der Waals surface area contributed by atoms with Crippen LogP contribution in [0.25, 0.3) is 0 Å². The molecule has 0 saturated carbocycles. The lowest BCUT2D eigenvalue weighted by molar-refractivity contribution is -0.129. The van der Waals surface area contributed by atoms with Crippen LogP contribution in [0.5, 0.6) is 5.75 Å². The fraction of sp³-hybridized carbons (Fsp3) is 0.630. The lowest BCUT2D eigenvalue weighted by Gasteiger charge is -2.22. The number of para-hydroxylation sites is 1. The van der Waals surface area contributed by atoms with Crippen molar-refractivity contribution in [1.82, 2.24) is 26.2 Å². The third-order valence-electron chi connectivity index (χ3n) is 5.98. The van der Waals surface area contributed by atoms with Gasteiger partial charge in [-0.05, 0) is 70.8 Å². The van der Waals surface area contributed by atoms with Crippen molar-refractivity contribution < 1.29 is 23.9 Å². The maximum absolute atomic E-state index is 13.1. The number of nitrogens with one attached hydrogen (secondary N) is 4. The van der Waals surface area contributed by atoms with E-state index < -0.39 is 18.0 Å². The van der Waals surface area contributed by atoms with Crippen LogP contribution in [0.4, 0.5) is 0 Å². The van der Waals surface area contributed by atoms with Crippen LogP contribution in [0.3, 0.4) is 0 Å². The van der Waals surface area contributed by atoms with Gasteiger partial charge < -0.3 is 30.9 Å². The summed E-state index contributed by atoms with van der Waals surface area (Å²) < 4.78 is 5.82. The van der Waals surface area contributed by atoms with Crippen molar-refractivity contribution >= 4 is 23.6 Å². The summed E-state index contributed by atoms with van der Waals surface area (Å²) in [6.45, 7) is 6.03. The van der Waals surface area contributed by atoms with Gasteiger partial charge in [0.25, 0.3) is 5.91 Å². The molecule has 0 saturated heterocycles. The standard InChI is InChI=1S/C27H43N5O5/c1-19(2)18-22-27(36)29-15-9-17-37-23-11-6-5-10-20(23)25(34)31-21(12-13-24(33)30-22)26(35)28-14-7-8-16-32(3)4/h5-6,10-11,19,21-22H,7-9,12-18H2,1-4H3,(H,28,35)(H,29,36)(H,30,33)(H,31,34)/t21-,22-/m0/s1. The number of hydrogen-bond donors (Lipinski definition) is 4. The topological polar surface area (TPSA) is 129 Å². The molecule has 2 atom stereocenters. The van der Waals surface area contributed by atoms with Crippen LogP contribution in [0.1, 0.15) is 62.7 Å². The number of nitrogens with zero attached hydrogens (tertiary/aromatic N) is 1. The minimum atomic E-state index is -0.912. The fourth-order valence-corrected chi connectivity index (χ4v) is 4.01. The van der Waals surface area contributed by atoms with E-state index in [2.05, 4.69) is 26.2 Å². The number of fused-ring (bicyclic) bond motifs is 1. The molecule has 4 amide bonds. The van der Waals surface area contributed by atoms with E-state index in [1.165, 1.54) is 0 Å². The van der Waals surface area contributed by atoms with E-state index in [1.807, 2.05) is 27.9 Å². The molecule has 1 heterocycles. The summed E-state index contributed by atoms with van der Waals surface area (Å²) in [4.78, 5) is 53.7. The van der Waals surface area contributed by atoms with Gasteiger partial charge in [0.15, 0.2) is 0 Å². The Kier molecular flexibility index (Phi) is 12.9. The van der Waals surface area contributed by atoms with Crippen LogP contribution in [0.15, 0.2) is 24.3 Å². The van der Waals surface area contributed by atoms with Gasteiger partial charge >= 0.3 is 0 Å². The van der Waals surface area contributed by atoms with Gasteiger partial charge in [0.05, 0.1) is 12.2 Å². The second-order valence-corrected chi connectivity index (χ2v) is 10.1. The van der Waals surface area contributed by atoms with Gasteiger partial charge in [0, 0.05) is 19.5 Å². The Bertz CT molecular complexity index is 905. The van der Waals surface area contributed by atoms with Crippen molar-refractivity contribution in [3.63, 3.8) is 0 Å². The third-order valence-corrected chi connectivity index (χ3v) is 5.98. The summed E-state index contributed by atoms with van der Waals surface area (Å²) in [5, 5.41) is 11.3. The zero-order valence-corrected chi connectivity index (χ0v) is 22.6. The monoisotopic (exact) mass is 517 g/mol. The second-order valence-electron chi connectivity index (χ2n) is 10.1. The number of carbonyl (C=O) groups is 4. The quantitative estimate of drug-likeness (QED) is 0.387. The number of amides is 4. The first kappa shape index (κ1) is 30.1. The zero-order valence-electron chi connectivity index (χ0n) is 22.6. The molecule has 0 spiro atoms. The summed E-state index contributed by atoms with van der Waals surface area (Å²) in [5.41, 5.74) is 0.309. The molecule has 0 radical (unpaired) electrons. The number of ether oxygens (including phenoxy) is 1. The van der Waals surface area contributed by atoms with Gasteiger partial charge in [0.2, 0.25) is 17.7 Å². The number of unbranched alkanes of at least 4 members (excludes halogenated alkanes) is 1. The SMILES string of the molecule is CC(C)C[C@@H]1NC(=O)CC[C@@H](C(=O)NCCCCN(C)C)NC(=O)c2ccccc2OCCCNC1=O. The van der Waals surface area contributed by atoms with Crippen LogP contribution in [-0.4, -0.2) is 80.9 Å². The van der Waals surface area contributed by atoms with Crippen LogP contribution in [0.2, 0.25) is 0 Å². The van der Waals surface area contributed by atoms with E-state index in [0.717, 1.165) is 19.4 Å². The highest BCUT2D eigenvalue weighted by Crippen LogP contribution is 2.19. The number of hydrogen-bond acceptors (Lipinski definition) is 6. The summed E-state index contributed by atoms with van der Waals surface area (Å²) in [6, 6.07) is 5.25. The van der Waals surface area contributed by atoms with Gasteiger partial charge in [-0.1, -0.05) is 26.0 Å². The van der Waals surface area contributed by atoms with E-state index in [9.17, 15) is 19.2 Å². The van der Waals surface area contributed by atoms with Gasteiger partial charge in [-0.15, -0.1) is 0 Å².